The molecule has 4 heteroatoms. The summed E-state index contributed by atoms with van der Waals surface area (Å²) in [6, 6.07) is 0. The van der Waals surface area contributed by atoms with Gasteiger partial charge >= 0.3 is 0 Å². The number of nitrogens with two attached hydrogens (primary N) is 1. The maximum absolute atomic E-state index is 11.0. The molecule has 66 valence electrons. The van der Waals surface area contributed by atoms with Gasteiger partial charge in [-0.15, -0.1) is 0 Å². The number of hydrogen-bond donors (Lipinski definition) is 3. The lowest BCUT2D eigenvalue weighted by Gasteiger charge is -2.18. The van der Waals surface area contributed by atoms with Crippen molar-refractivity contribution in [1.29, 1.82) is 0 Å². The second-order valence-electron chi connectivity index (χ2n) is 3.28. The molecule has 0 rings (SSSR count). The number of nitrogens with one attached hydrogen (secondary N) is 1. The minimum Gasteiger partial charge on any atom is -0.392 e. The maximum atomic E-state index is 11.0. The normalized spacial score (nSPS) is 14.3. The van der Waals surface area contributed by atoms with Gasteiger partial charge in [-0.2, -0.15) is 0 Å². The van der Waals surface area contributed by atoms with Crippen molar-refractivity contribution in [2.75, 3.05) is 6.54 Å². The molecule has 0 heterocycles. The van der Waals surface area contributed by atoms with Crippen LogP contribution in [0.3, 0.4) is 0 Å². The number of amides is 1. The molecule has 0 aliphatic rings. The Hall–Kier alpha value is -0.610. The van der Waals surface area contributed by atoms with Gasteiger partial charge in [-0.05, 0) is 20.8 Å². The molecule has 11 heavy (non-hydrogen) atoms. The van der Waals surface area contributed by atoms with E-state index < -0.39 is 11.6 Å². The molecule has 0 aromatic carbocycles. The summed E-state index contributed by atoms with van der Waals surface area (Å²) in [7, 11) is 0. The lowest BCUT2D eigenvalue weighted by molar-refractivity contribution is -0.125. The largest absolute Gasteiger partial charge is 0.392 e. The monoisotopic (exact) mass is 160 g/mol. The molecular formula is C7H16N2O2. The maximum Gasteiger partial charge on any atom is 0.239 e. The summed E-state index contributed by atoms with van der Waals surface area (Å²) in [4.78, 5) is 11.0. The van der Waals surface area contributed by atoms with Crippen LogP contribution in [0.15, 0.2) is 0 Å². The van der Waals surface area contributed by atoms with Crippen molar-refractivity contribution in [2.24, 2.45) is 5.73 Å². The van der Waals surface area contributed by atoms with Crippen LogP contribution < -0.4 is 11.1 Å². The second kappa shape index (κ2) is 3.69. The van der Waals surface area contributed by atoms with E-state index in [0.29, 0.717) is 0 Å². The van der Waals surface area contributed by atoms with Crippen molar-refractivity contribution in [2.45, 2.75) is 32.4 Å². The molecule has 0 bridgehead atoms. The minimum atomic E-state index is -0.866. The second-order valence-corrected chi connectivity index (χ2v) is 3.28. The van der Waals surface area contributed by atoms with Crippen LogP contribution in [0, 0.1) is 0 Å². The van der Waals surface area contributed by atoms with Gasteiger partial charge in [0.25, 0.3) is 0 Å². The number of carbonyl (C=O) groups excluding carboxylic acids is 1. The predicted octanol–water partition coefficient (Wildman–Crippen LogP) is -0.779. The van der Waals surface area contributed by atoms with E-state index in [4.69, 9.17) is 10.8 Å². The van der Waals surface area contributed by atoms with Crippen LogP contribution in [-0.2, 0) is 4.79 Å². The number of carbonyl (C=O) groups is 1. The topological polar surface area (TPSA) is 75.3 Å². The first-order chi connectivity index (χ1) is 4.84. The molecule has 0 radical (unpaired) electrons. The first-order valence-corrected chi connectivity index (χ1v) is 3.59. The Kier molecular flexibility index (Phi) is 3.48. The quantitative estimate of drug-likeness (QED) is 0.507. The van der Waals surface area contributed by atoms with E-state index in [-0.39, 0.29) is 12.5 Å². The third-order valence-corrected chi connectivity index (χ3v) is 1.14. The zero-order valence-electron chi connectivity index (χ0n) is 7.22. The van der Waals surface area contributed by atoms with Crippen molar-refractivity contribution in [3.8, 4) is 0 Å². The fourth-order valence-electron chi connectivity index (χ4n) is 0.468. The molecule has 4 N–H and O–H groups in total. The third-order valence-electron chi connectivity index (χ3n) is 1.14. The Balaban J connectivity index is 3.71. The fraction of sp³-hybridized carbons (Fsp3) is 0.857. The Morgan fingerprint density at radius 1 is 1.73 bits per heavy atom. The predicted molar refractivity (Wildman–Crippen MR) is 43.0 cm³/mol. The highest BCUT2D eigenvalue weighted by atomic mass is 16.3. The highest BCUT2D eigenvalue weighted by molar-refractivity contribution is 5.84. The molecule has 0 spiro atoms. The van der Waals surface area contributed by atoms with Crippen molar-refractivity contribution in [1.82, 2.24) is 5.32 Å². The number of rotatable bonds is 3. The number of aliphatic hydroxyl groups excluding tert-OH is 1. The van der Waals surface area contributed by atoms with Gasteiger partial charge in [0.2, 0.25) is 5.91 Å². The van der Waals surface area contributed by atoms with Crippen molar-refractivity contribution < 1.29 is 9.90 Å². The zero-order chi connectivity index (χ0) is 9.07. The van der Waals surface area contributed by atoms with E-state index in [1.54, 1.807) is 20.8 Å². The summed E-state index contributed by atoms with van der Waals surface area (Å²) in [5.74, 6) is -0.251. The average Bonchev–Trinajstić information content (AvgIpc) is 1.80. The molecular weight excluding hydrogens is 144 g/mol. The van der Waals surface area contributed by atoms with E-state index in [9.17, 15) is 4.79 Å². The van der Waals surface area contributed by atoms with E-state index in [1.807, 2.05) is 0 Å². The molecule has 0 aliphatic heterocycles. The molecule has 0 aromatic rings. The summed E-state index contributed by atoms with van der Waals surface area (Å²) in [6.45, 7) is 5.08. The summed E-state index contributed by atoms with van der Waals surface area (Å²) in [6.07, 6.45) is -0.527. The Labute approximate surface area is 66.8 Å². The van der Waals surface area contributed by atoms with Gasteiger partial charge in [0.15, 0.2) is 0 Å². The van der Waals surface area contributed by atoms with Gasteiger partial charge in [0.05, 0.1) is 11.6 Å². The van der Waals surface area contributed by atoms with Crippen LogP contribution in [0.2, 0.25) is 0 Å². The smallest absolute Gasteiger partial charge is 0.239 e. The highest BCUT2D eigenvalue weighted by Crippen LogP contribution is 1.94. The van der Waals surface area contributed by atoms with Crippen LogP contribution >= 0.6 is 0 Å². The number of hydrogen-bond acceptors (Lipinski definition) is 3. The molecule has 0 aromatic heterocycles. The Bertz CT molecular complexity index is 138. The van der Waals surface area contributed by atoms with Gasteiger partial charge < -0.3 is 16.2 Å². The van der Waals surface area contributed by atoms with Gasteiger partial charge in [-0.3, -0.25) is 4.79 Å². The van der Waals surface area contributed by atoms with Crippen molar-refractivity contribution >= 4 is 5.91 Å². The zero-order valence-corrected chi connectivity index (χ0v) is 7.22. The van der Waals surface area contributed by atoms with Crippen LogP contribution in [0.4, 0.5) is 0 Å². The SMILES string of the molecule is C[C@H](O)CNC(=O)C(C)(C)N. The number of aliphatic hydroxyl groups is 1. The third kappa shape index (κ3) is 4.75. The first-order valence-electron chi connectivity index (χ1n) is 3.59. The summed E-state index contributed by atoms with van der Waals surface area (Å²) in [5, 5.41) is 11.3. The molecule has 0 unspecified atom stereocenters. The first kappa shape index (κ1) is 10.4. The minimum absolute atomic E-state index is 0.249. The molecule has 0 fully saturated rings. The summed E-state index contributed by atoms with van der Waals surface area (Å²) < 4.78 is 0. The van der Waals surface area contributed by atoms with Crippen LogP contribution in [-0.4, -0.2) is 29.2 Å². The standard InChI is InChI=1S/C7H16N2O2/c1-5(10)4-9-6(11)7(2,3)8/h5,10H,4,8H2,1-3H3,(H,9,11)/t5-/m0/s1. The fourth-order valence-corrected chi connectivity index (χ4v) is 0.468. The van der Waals surface area contributed by atoms with E-state index >= 15 is 0 Å². The van der Waals surface area contributed by atoms with E-state index in [2.05, 4.69) is 5.32 Å². The van der Waals surface area contributed by atoms with Crippen molar-refractivity contribution in [3.63, 3.8) is 0 Å². The van der Waals surface area contributed by atoms with Crippen LogP contribution in [0.5, 0.6) is 0 Å². The molecule has 0 saturated carbocycles. The van der Waals surface area contributed by atoms with Crippen LogP contribution in [0.25, 0.3) is 0 Å². The van der Waals surface area contributed by atoms with Crippen LogP contribution in [0.1, 0.15) is 20.8 Å². The van der Waals surface area contributed by atoms with Gasteiger partial charge in [0.1, 0.15) is 0 Å². The molecule has 4 nitrogen and oxygen atoms in total. The average molecular weight is 160 g/mol. The van der Waals surface area contributed by atoms with Crippen molar-refractivity contribution in [3.05, 3.63) is 0 Å². The molecule has 1 amide bonds. The van der Waals surface area contributed by atoms with Gasteiger partial charge in [-0.25, -0.2) is 0 Å². The Morgan fingerprint density at radius 2 is 2.18 bits per heavy atom. The van der Waals surface area contributed by atoms with Gasteiger partial charge in [0, 0.05) is 6.54 Å². The molecule has 1 atom stereocenters. The lowest BCUT2D eigenvalue weighted by Crippen LogP contribution is -2.50. The molecule has 0 saturated heterocycles. The molecule has 0 aliphatic carbocycles. The van der Waals surface area contributed by atoms with E-state index in [1.165, 1.54) is 0 Å². The summed E-state index contributed by atoms with van der Waals surface area (Å²) >= 11 is 0. The van der Waals surface area contributed by atoms with Gasteiger partial charge in [-0.1, -0.05) is 0 Å². The lowest BCUT2D eigenvalue weighted by atomic mass is 10.1. The summed E-state index contributed by atoms with van der Waals surface area (Å²) in [5.41, 5.74) is 4.61. The Morgan fingerprint density at radius 3 is 2.45 bits per heavy atom. The highest BCUT2D eigenvalue weighted by Gasteiger charge is 2.21. The van der Waals surface area contributed by atoms with E-state index in [0.717, 1.165) is 0 Å².